The molecule has 0 atom stereocenters. The highest BCUT2D eigenvalue weighted by molar-refractivity contribution is 5.68. The lowest BCUT2D eigenvalue weighted by atomic mass is 10.1. The highest BCUT2D eigenvalue weighted by atomic mass is 14.3. The maximum atomic E-state index is 6.71. The van der Waals surface area contributed by atoms with Crippen molar-refractivity contribution in [3.8, 4) is 0 Å². The topological polar surface area (TPSA) is 23.9 Å². The van der Waals surface area contributed by atoms with E-state index in [9.17, 15) is 0 Å². The van der Waals surface area contributed by atoms with Crippen LogP contribution in [0.25, 0.3) is 0 Å². The van der Waals surface area contributed by atoms with Crippen molar-refractivity contribution in [1.29, 1.82) is 5.41 Å². The first-order valence-electron chi connectivity index (χ1n) is 3.52. The molecular weight excluding hydrogens is 122 g/mol. The van der Waals surface area contributed by atoms with Gasteiger partial charge in [-0.15, -0.1) is 0 Å². The SMILES string of the molecule is C/C(=C\C=C\C=N)C(C)C. The highest BCUT2D eigenvalue weighted by Crippen LogP contribution is 2.06. The molecule has 0 aromatic heterocycles. The van der Waals surface area contributed by atoms with Crippen molar-refractivity contribution in [2.75, 3.05) is 0 Å². The van der Waals surface area contributed by atoms with Crippen LogP contribution in [0.2, 0.25) is 0 Å². The molecule has 0 amide bonds. The number of nitrogens with one attached hydrogen (secondary N) is 1. The zero-order valence-electron chi connectivity index (χ0n) is 6.89. The summed E-state index contributed by atoms with van der Waals surface area (Å²) in [7, 11) is 0. The molecule has 0 heterocycles. The van der Waals surface area contributed by atoms with Gasteiger partial charge in [-0.25, -0.2) is 0 Å². The van der Waals surface area contributed by atoms with Crippen LogP contribution in [-0.4, -0.2) is 6.21 Å². The largest absolute Gasteiger partial charge is 0.309 e. The molecule has 0 aliphatic heterocycles. The third-order valence-electron chi connectivity index (χ3n) is 1.48. The van der Waals surface area contributed by atoms with Crippen molar-refractivity contribution in [2.24, 2.45) is 5.92 Å². The Morgan fingerprint density at radius 3 is 2.30 bits per heavy atom. The Morgan fingerprint density at radius 1 is 1.30 bits per heavy atom. The smallest absolute Gasteiger partial charge is 0.0177 e. The van der Waals surface area contributed by atoms with Crippen molar-refractivity contribution >= 4 is 6.21 Å². The van der Waals surface area contributed by atoms with Crippen LogP contribution < -0.4 is 0 Å². The second-order valence-corrected chi connectivity index (χ2v) is 2.62. The molecular formula is C9H15N. The summed E-state index contributed by atoms with van der Waals surface area (Å²) in [6.45, 7) is 6.41. The van der Waals surface area contributed by atoms with E-state index >= 15 is 0 Å². The molecule has 0 spiro atoms. The predicted molar refractivity (Wildman–Crippen MR) is 46.5 cm³/mol. The lowest BCUT2D eigenvalue weighted by Crippen LogP contribution is -1.86. The van der Waals surface area contributed by atoms with E-state index in [1.807, 2.05) is 12.2 Å². The lowest BCUT2D eigenvalue weighted by molar-refractivity contribution is 0.769. The van der Waals surface area contributed by atoms with E-state index in [0.717, 1.165) is 0 Å². The second kappa shape index (κ2) is 4.98. The zero-order chi connectivity index (χ0) is 7.98. The van der Waals surface area contributed by atoms with Crippen molar-refractivity contribution in [2.45, 2.75) is 20.8 Å². The molecule has 0 aliphatic carbocycles. The van der Waals surface area contributed by atoms with Gasteiger partial charge >= 0.3 is 0 Å². The van der Waals surface area contributed by atoms with E-state index in [0.29, 0.717) is 5.92 Å². The fourth-order valence-corrected chi connectivity index (χ4v) is 0.455. The molecule has 0 aromatic rings. The molecule has 0 aliphatic rings. The normalized spacial score (nSPS) is 13.0. The van der Waals surface area contributed by atoms with Crippen molar-refractivity contribution in [1.82, 2.24) is 0 Å². The lowest BCUT2D eigenvalue weighted by Gasteiger charge is -2.01. The minimum absolute atomic E-state index is 0.607. The first-order chi connectivity index (χ1) is 4.68. The zero-order valence-corrected chi connectivity index (χ0v) is 6.89. The molecule has 0 saturated carbocycles. The van der Waals surface area contributed by atoms with Crippen LogP contribution >= 0.6 is 0 Å². The summed E-state index contributed by atoms with van der Waals surface area (Å²) in [5, 5.41) is 6.71. The summed E-state index contributed by atoms with van der Waals surface area (Å²) in [5.74, 6) is 0.607. The number of allylic oxidation sites excluding steroid dienone is 4. The molecule has 1 heteroatoms. The average molecular weight is 137 g/mol. The van der Waals surface area contributed by atoms with Crippen LogP contribution in [0.3, 0.4) is 0 Å². The Bertz CT molecular complexity index is 152. The van der Waals surface area contributed by atoms with Gasteiger partial charge in [-0.3, -0.25) is 0 Å². The molecule has 10 heavy (non-hydrogen) atoms. The summed E-state index contributed by atoms with van der Waals surface area (Å²) >= 11 is 0. The van der Waals surface area contributed by atoms with Gasteiger partial charge in [0.2, 0.25) is 0 Å². The standard InChI is InChI=1S/C9H15N/c1-8(2)9(3)6-4-5-7-10/h4-8,10H,1-3H3/b5-4+,9-6+,10-7?. The highest BCUT2D eigenvalue weighted by Gasteiger charge is 1.91. The maximum absolute atomic E-state index is 6.71. The molecule has 0 saturated heterocycles. The predicted octanol–water partition coefficient (Wildman–Crippen LogP) is 2.79. The number of hydrogen-bond acceptors (Lipinski definition) is 1. The Kier molecular flexibility index (Phi) is 4.55. The van der Waals surface area contributed by atoms with Crippen LogP contribution in [0.4, 0.5) is 0 Å². The van der Waals surface area contributed by atoms with Crippen molar-refractivity contribution in [3.63, 3.8) is 0 Å². The van der Waals surface area contributed by atoms with Crippen LogP contribution in [0, 0.1) is 11.3 Å². The van der Waals surface area contributed by atoms with Gasteiger partial charge in [-0.2, -0.15) is 0 Å². The molecule has 56 valence electrons. The van der Waals surface area contributed by atoms with E-state index < -0.39 is 0 Å². The fraction of sp³-hybridized carbons (Fsp3) is 0.444. The Balaban J connectivity index is 3.91. The van der Waals surface area contributed by atoms with Crippen LogP contribution in [0.1, 0.15) is 20.8 Å². The average Bonchev–Trinajstić information content (AvgIpc) is 1.88. The van der Waals surface area contributed by atoms with Gasteiger partial charge in [-0.1, -0.05) is 31.6 Å². The van der Waals surface area contributed by atoms with Crippen LogP contribution in [0.5, 0.6) is 0 Å². The van der Waals surface area contributed by atoms with Crippen LogP contribution in [0.15, 0.2) is 23.8 Å². The van der Waals surface area contributed by atoms with Crippen molar-refractivity contribution in [3.05, 3.63) is 23.8 Å². The molecule has 0 fully saturated rings. The van der Waals surface area contributed by atoms with E-state index in [-0.39, 0.29) is 0 Å². The third kappa shape index (κ3) is 4.07. The van der Waals surface area contributed by atoms with Gasteiger partial charge in [0.1, 0.15) is 0 Å². The number of hydrogen-bond donors (Lipinski definition) is 1. The van der Waals surface area contributed by atoms with Gasteiger partial charge < -0.3 is 5.41 Å². The molecule has 0 aromatic carbocycles. The summed E-state index contributed by atoms with van der Waals surface area (Å²) in [4.78, 5) is 0. The minimum Gasteiger partial charge on any atom is -0.309 e. The van der Waals surface area contributed by atoms with Gasteiger partial charge in [0.15, 0.2) is 0 Å². The Morgan fingerprint density at radius 2 is 1.90 bits per heavy atom. The Hall–Kier alpha value is -0.850. The maximum Gasteiger partial charge on any atom is 0.0177 e. The molecule has 0 bridgehead atoms. The van der Waals surface area contributed by atoms with Crippen molar-refractivity contribution < 1.29 is 0 Å². The third-order valence-corrected chi connectivity index (χ3v) is 1.48. The first kappa shape index (κ1) is 9.15. The molecule has 1 N–H and O–H groups in total. The number of rotatable bonds is 3. The summed E-state index contributed by atoms with van der Waals surface area (Å²) < 4.78 is 0. The van der Waals surface area contributed by atoms with E-state index in [4.69, 9.17) is 5.41 Å². The molecule has 0 unspecified atom stereocenters. The van der Waals surface area contributed by atoms with E-state index in [2.05, 4.69) is 20.8 Å². The quantitative estimate of drug-likeness (QED) is 0.457. The molecule has 0 rings (SSSR count). The summed E-state index contributed by atoms with van der Waals surface area (Å²) in [6.07, 6.45) is 6.92. The Labute approximate surface area is 63.0 Å². The summed E-state index contributed by atoms with van der Waals surface area (Å²) in [5.41, 5.74) is 1.35. The van der Waals surface area contributed by atoms with Crippen LogP contribution in [-0.2, 0) is 0 Å². The first-order valence-corrected chi connectivity index (χ1v) is 3.52. The van der Waals surface area contributed by atoms with Gasteiger partial charge in [0.25, 0.3) is 0 Å². The fourth-order valence-electron chi connectivity index (χ4n) is 0.455. The van der Waals surface area contributed by atoms with Gasteiger partial charge in [0, 0.05) is 6.21 Å². The molecule has 0 radical (unpaired) electrons. The monoisotopic (exact) mass is 137 g/mol. The summed E-state index contributed by atoms with van der Waals surface area (Å²) in [6, 6.07) is 0. The van der Waals surface area contributed by atoms with Gasteiger partial charge in [-0.05, 0) is 18.9 Å². The van der Waals surface area contributed by atoms with Gasteiger partial charge in [0.05, 0.1) is 0 Å². The van der Waals surface area contributed by atoms with E-state index in [1.54, 1.807) is 6.08 Å². The van der Waals surface area contributed by atoms with E-state index in [1.165, 1.54) is 11.8 Å². The molecule has 1 nitrogen and oxygen atoms in total. The minimum atomic E-state index is 0.607. The second-order valence-electron chi connectivity index (χ2n) is 2.62.